The minimum atomic E-state index is -0.332. The van der Waals surface area contributed by atoms with Crippen molar-refractivity contribution < 1.29 is 4.79 Å². The van der Waals surface area contributed by atoms with Crippen LogP contribution in [0.25, 0.3) is 5.57 Å². The zero-order chi connectivity index (χ0) is 12.0. The van der Waals surface area contributed by atoms with Gasteiger partial charge in [-0.15, -0.1) is 0 Å². The monoisotopic (exact) mass is 292 g/mol. The van der Waals surface area contributed by atoms with Gasteiger partial charge in [-0.05, 0) is 53.8 Å². The van der Waals surface area contributed by atoms with Gasteiger partial charge in [0.05, 0.1) is 0 Å². The Bertz CT molecular complexity index is 549. The number of fused-ring (bicyclic) bond motifs is 2. The van der Waals surface area contributed by atoms with Gasteiger partial charge in [-0.2, -0.15) is 0 Å². The van der Waals surface area contributed by atoms with Crippen LogP contribution in [0.1, 0.15) is 27.9 Å². The lowest BCUT2D eigenvalue weighted by atomic mass is 9.98. The Hall–Kier alpha value is -1.13. The van der Waals surface area contributed by atoms with Gasteiger partial charge in [0, 0.05) is 16.6 Å². The van der Waals surface area contributed by atoms with Crippen molar-refractivity contribution in [3.63, 3.8) is 0 Å². The smallest absolute Gasteiger partial charge is 0.249 e. The second-order valence-electron chi connectivity index (χ2n) is 4.50. The van der Waals surface area contributed by atoms with E-state index in [1.165, 1.54) is 16.7 Å². The first-order chi connectivity index (χ1) is 8.18. The second-order valence-corrected chi connectivity index (χ2v) is 5.35. The third kappa shape index (κ3) is 1.63. The molecule has 0 bridgehead atoms. The number of rotatable bonds is 1. The predicted octanol–water partition coefficient (Wildman–Crippen LogP) is 1.85. The first kappa shape index (κ1) is 11.0. The summed E-state index contributed by atoms with van der Waals surface area (Å²) < 4.78 is 1.07. The summed E-state index contributed by atoms with van der Waals surface area (Å²) in [7, 11) is 0. The molecular weight excluding hydrogens is 280 g/mol. The lowest BCUT2D eigenvalue weighted by Crippen LogP contribution is -2.23. The van der Waals surface area contributed by atoms with Gasteiger partial charge in [-0.3, -0.25) is 4.79 Å². The van der Waals surface area contributed by atoms with Crippen LogP contribution in [-0.2, 0) is 6.42 Å². The van der Waals surface area contributed by atoms with Crippen molar-refractivity contribution in [1.29, 1.82) is 0 Å². The number of halogens is 1. The molecule has 1 aromatic carbocycles. The Labute approximate surface area is 108 Å². The molecule has 3 nitrogen and oxygen atoms in total. The molecule has 0 saturated heterocycles. The molecule has 88 valence electrons. The summed E-state index contributed by atoms with van der Waals surface area (Å²) in [5.41, 5.74) is 11.2. The molecule has 3 rings (SSSR count). The molecule has 0 atom stereocenters. The number of nitrogens with two attached hydrogens (primary N) is 1. The number of carbonyl (C=O) groups excluding carboxylic acids is 1. The Morgan fingerprint density at radius 2 is 2.24 bits per heavy atom. The third-order valence-corrected chi connectivity index (χ3v) is 4.20. The molecule has 3 N–H and O–H groups in total. The zero-order valence-corrected chi connectivity index (χ0v) is 10.9. The van der Waals surface area contributed by atoms with E-state index in [4.69, 9.17) is 5.73 Å². The van der Waals surface area contributed by atoms with E-state index in [-0.39, 0.29) is 5.91 Å². The molecule has 0 radical (unpaired) electrons. The van der Waals surface area contributed by atoms with E-state index in [1.807, 2.05) is 12.1 Å². The summed E-state index contributed by atoms with van der Waals surface area (Å²) in [6.45, 7) is 1.93. The van der Waals surface area contributed by atoms with Crippen LogP contribution in [0.4, 0.5) is 0 Å². The highest BCUT2D eigenvalue weighted by atomic mass is 79.9. The topological polar surface area (TPSA) is 55.1 Å². The van der Waals surface area contributed by atoms with Gasteiger partial charge < -0.3 is 11.1 Å². The summed E-state index contributed by atoms with van der Waals surface area (Å²) in [5, 5.41) is 3.37. The molecule has 1 amide bonds. The first-order valence-electron chi connectivity index (χ1n) is 5.71. The third-order valence-electron chi connectivity index (χ3n) is 3.54. The number of amides is 1. The zero-order valence-electron chi connectivity index (χ0n) is 9.35. The predicted molar refractivity (Wildman–Crippen MR) is 70.8 cm³/mol. The number of carbonyl (C=O) groups is 1. The fourth-order valence-corrected chi connectivity index (χ4v) is 3.39. The van der Waals surface area contributed by atoms with Crippen LogP contribution in [0.2, 0.25) is 0 Å². The molecule has 1 heterocycles. The minimum Gasteiger partial charge on any atom is -0.366 e. The van der Waals surface area contributed by atoms with Crippen LogP contribution in [0.5, 0.6) is 0 Å². The largest absolute Gasteiger partial charge is 0.366 e. The quantitative estimate of drug-likeness (QED) is 0.830. The van der Waals surface area contributed by atoms with Crippen LogP contribution in [0.15, 0.2) is 22.2 Å². The highest BCUT2D eigenvalue weighted by Crippen LogP contribution is 2.41. The Morgan fingerprint density at radius 1 is 1.41 bits per heavy atom. The lowest BCUT2D eigenvalue weighted by Gasteiger charge is -2.16. The van der Waals surface area contributed by atoms with Crippen molar-refractivity contribution in [1.82, 2.24) is 5.32 Å². The van der Waals surface area contributed by atoms with Gasteiger partial charge in [0.2, 0.25) is 5.91 Å². The molecule has 2 aliphatic rings. The van der Waals surface area contributed by atoms with Gasteiger partial charge in [0.15, 0.2) is 0 Å². The molecule has 17 heavy (non-hydrogen) atoms. The normalized spacial score (nSPS) is 17.9. The maximum Gasteiger partial charge on any atom is 0.249 e. The summed E-state index contributed by atoms with van der Waals surface area (Å²) in [6, 6.07) is 3.74. The molecule has 1 aromatic rings. The van der Waals surface area contributed by atoms with Crippen molar-refractivity contribution in [2.24, 2.45) is 5.73 Å². The first-order valence-corrected chi connectivity index (χ1v) is 6.51. The van der Waals surface area contributed by atoms with Crippen molar-refractivity contribution in [2.45, 2.75) is 12.8 Å². The van der Waals surface area contributed by atoms with Crippen LogP contribution in [0, 0.1) is 0 Å². The molecule has 4 heteroatoms. The van der Waals surface area contributed by atoms with E-state index >= 15 is 0 Å². The van der Waals surface area contributed by atoms with E-state index in [9.17, 15) is 4.79 Å². The van der Waals surface area contributed by atoms with Crippen LogP contribution in [-0.4, -0.2) is 19.0 Å². The Balaban J connectivity index is 2.20. The number of benzene rings is 1. The molecule has 0 aromatic heterocycles. The highest BCUT2D eigenvalue weighted by molar-refractivity contribution is 9.10. The van der Waals surface area contributed by atoms with E-state index < -0.39 is 0 Å². The fourth-order valence-electron chi connectivity index (χ4n) is 2.78. The number of hydrogen-bond acceptors (Lipinski definition) is 2. The highest BCUT2D eigenvalue weighted by Gasteiger charge is 2.28. The Kier molecular flexibility index (Phi) is 2.56. The van der Waals surface area contributed by atoms with E-state index in [2.05, 4.69) is 21.2 Å². The lowest BCUT2D eigenvalue weighted by molar-refractivity contribution is 0.0999. The van der Waals surface area contributed by atoms with E-state index in [1.54, 1.807) is 0 Å². The van der Waals surface area contributed by atoms with Gasteiger partial charge >= 0.3 is 0 Å². The molecule has 1 aliphatic heterocycles. The summed E-state index contributed by atoms with van der Waals surface area (Å²) in [4.78, 5) is 11.5. The van der Waals surface area contributed by atoms with Crippen molar-refractivity contribution in [3.05, 3.63) is 38.9 Å². The number of hydrogen-bond donors (Lipinski definition) is 2. The standard InChI is InChI=1S/C13H13BrN2O/c14-11-2-1-9(13(15)17)10-5-7-6-16-4-3-8(7)12(10)11/h1-2,16H,3-6H2,(H2,15,17). The maximum atomic E-state index is 11.5. The van der Waals surface area contributed by atoms with Crippen molar-refractivity contribution >= 4 is 27.4 Å². The van der Waals surface area contributed by atoms with Gasteiger partial charge in [0.25, 0.3) is 0 Å². The summed E-state index contributed by atoms with van der Waals surface area (Å²) in [5.74, 6) is -0.332. The summed E-state index contributed by atoms with van der Waals surface area (Å²) >= 11 is 3.59. The summed E-state index contributed by atoms with van der Waals surface area (Å²) in [6.07, 6.45) is 1.89. The average molecular weight is 293 g/mol. The fraction of sp³-hybridized carbons (Fsp3) is 0.308. The number of nitrogens with one attached hydrogen (secondary N) is 1. The average Bonchev–Trinajstić information content (AvgIpc) is 2.68. The van der Waals surface area contributed by atoms with Gasteiger partial charge in [-0.1, -0.05) is 15.9 Å². The van der Waals surface area contributed by atoms with Crippen molar-refractivity contribution in [3.8, 4) is 0 Å². The molecule has 0 unspecified atom stereocenters. The minimum absolute atomic E-state index is 0.332. The van der Waals surface area contributed by atoms with Gasteiger partial charge in [0.1, 0.15) is 0 Å². The van der Waals surface area contributed by atoms with Crippen LogP contribution in [0.3, 0.4) is 0 Å². The Morgan fingerprint density at radius 3 is 3.00 bits per heavy atom. The van der Waals surface area contributed by atoms with E-state index in [0.29, 0.717) is 5.56 Å². The molecule has 0 spiro atoms. The van der Waals surface area contributed by atoms with Crippen LogP contribution >= 0.6 is 15.9 Å². The number of primary amides is 1. The molecule has 0 fully saturated rings. The second kappa shape index (κ2) is 3.96. The van der Waals surface area contributed by atoms with Crippen molar-refractivity contribution in [2.75, 3.05) is 13.1 Å². The maximum absolute atomic E-state index is 11.5. The SMILES string of the molecule is NC(=O)c1ccc(Br)c2c1CC1=C2CCNC1. The molecule has 0 saturated carbocycles. The van der Waals surface area contributed by atoms with Crippen LogP contribution < -0.4 is 11.1 Å². The molecule has 1 aliphatic carbocycles. The molecular formula is C13H13BrN2O. The van der Waals surface area contributed by atoms with Gasteiger partial charge in [-0.25, -0.2) is 0 Å². The van der Waals surface area contributed by atoms with E-state index in [0.717, 1.165) is 36.0 Å².